The molecule has 1 aromatic carbocycles. The second kappa shape index (κ2) is 9.21. The minimum atomic E-state index is -1.22. The maximum Gasteiger partial charge on any atom is 0.410 e. The van der Waals surface area contributed by atoms with Crippen molar-refractivity contribution in [3.63, 3.8) is 0 Å². The van der Waals surface area contributed by atoms with Crippen molar-refractivity contribution in [2.45, 2.75) is 19.1 Å². The van der Waals surface area contributed by atoms with Crippen LogP contribution in [0, 0.1) is 11.3 Å². The van der Waals surface area contributed by atoms with Gasteiger partial charge >= 0.3 is 12.1 Å². The van der Waals surface area contributed by atoms with Crippen LogP contribution in [-0.4, -0.2) is 57.7 Å². The summed E-state index contributed by atoms with van der Waals surface area (Å²) in [7, 11) is 0. The first-order valence-corrected chi connectivity index (χ1v) is 9.23. The maximum absolute atomic E-state index is 12.5. The van der Waals surface area contributed by atoms with E-state index in [9.17, 15) is 14.9 Å². The molecule has 1 aromatic heterocycles. The van der Waals surface area contributed by atoms with Crippen LogP contribution in [0.3, 0.4) is 0 Å². The van der Waals surface area contributed by atoms with Gasteiger partial charge in [0.25, 0.3) is 0 Å². The number of aromatic nitrogens is 2. The van der Waals surface area contributed by atoms with Gasteiger partial charge in [0.1, 0.15) is 12.4 Å². The van der Waals surface area contributed by atoms with Crippen molar-refractivity contribution in [1.82, 2.24) is 14.9 Å². The third-order valence-corrected chi connectivity index (χ3v) is 4.65. The second-order valence-corrected chi connectivity index (χ2v) is 6.72. The van der Waals surface area contributed by atoms with E-state index in [4.69, 9.17) is 21.4 Å². The van der Waals surface area contributed by atoms with Gasteiger partial charge in [0.15, 0.2) is 5.69 Å². The van der Waals surface area contributed by atoms with Gasteiger partial charge in [0.2, 0.25) is 5.28 Å². The average Bonchev–Trinajstić information content (AvgIpc) is 2.72. The Hall–Kier alpha value is -3.38. The number of nitrogens with zero attached hydrogens (tertiary/aromatic N) is 5. The van der Waals surface area contributed by atoms with E-state index in [0.29, 0.717) is 25.5 Å². The van der Waals surface area contributed by atoms with E-state index in [1.165, 1.54) is 11.0 Å². The van der Waals surface area contributed by atoms with E-state index in [-0.39, 0.29) is 24.0 Å². The predicted octanol–water partition coefficient (Wildman–Crippen LogP) is 2.57. The zero-order valence-electron chi connectivity index (χ0n) is 15.4. The first-order chi connectivity index (χ1) is 14.0. The third kappa shape index (κ3) is 5.12. The fourth-order valence-corrected chi connectivity index (χ4v) is 3.24. The lowest BCUT2D eigenvalue weighted by atomic mass is 10.1. The number of nitriles is 1. The van der Waals surface area contributed by atoms with E-state index in [1.807, 2.05) is 30.3 Å². The number of hydrogen-bond donors (Lipinski definition) is 1. The highest BCUT2D eigenvalue weighted by Crippen LogP contribution is 2.22. The van der Waals surface area contributed by atoms with Gasteiger partial charge in [-0.2, -0.15) is 5.26 Å². The maximum atomic E-state index is 12.5. The highest BCUT2D eigenvalue weighted by Gasteiger charge is 2.32. The molecule has 2 aromatic rings. The first-order valence-electron chi connectivity index (χ1n) is 8.85. The Morgan fingerprint density at radius 3 is 2.72 bits per heavy atom. The number of rotatable bonds is 5. The minimum absolute atomic E-state index is 0.0988. The number of aromatic carboxylic acids is 1. The molecule has 0 unspecified atom stereocenters. The SMILES string of the molecule is N#CC[C@H]1CN(c2cc(C(=O)O)nc(Cl)n2)CCN1C(=O)OCc1ccccc1. The molecular formula is C19H18ClN5O4. The molecule has 0 saturated carbocycles. The van der Waals surface area contributed by atoms with E-state index < -0.39 is 18.1 Å². The Bertz CT molecular complexity index is 934. The number of ether oxygens (including phenoxy) is 1. The van der Waals surface area contributed by atoms with Crippen molar-refractivity contribution >= 4 is 29.5 Å². The summed E-state index contributed by atoms with van der Waals surface area (Å²) < 4.78 is 5.39. The molecule has 1 fully saturated rings. The summed E-state index contributed by atoms with van der Waals surface area (Å²) in [6.45, 7) is 1.11. The van der Waals surface area contributed by atoms with Gasteiger partial charge in [0.05, 0.1) is 18.5 Å². The lowest BCUT2D eigenvalue weighted by Crippen LogP contribution is -2.55. The van der Waals surface area contributed by atoms with Gasteiger partial charge in [-0.3, -0.25) is 0 Å². The molecule has 1 amide bonds. The van der Waals surface area contributed by atoms with Crippen molar-refractivity contribution in [2.75, 3.05) is 24.5 Å². The molecule has 1 saturated heterocycles. The molecule has 3 rings (SSSR count). The van der Waals surface area contributed by atoms with Crippen LogP contribution < -0.4 is 4.90 Å². The molecule has 1 N–H and O–H groups in total. The third-order valence-electron chi connectivity index (χ3n) is 4.48. The first kappa shape index (κ1) is 20.4. The summed E-state index contributed by atoms with van der Waals surface area (Å²) in [5.74, 6) is -0.880. The van der Waals surface area contributed by atoms with Gasteiger partial charge < -0.3 is 19.6 Å². The Morgan fingerprint density at radius 1 is 1.28 bits per heavy atom. The number of benzene rings is 1. The van der Waals surface area contributed by atoms with E-state index >= 15 is 0 Å². The largest absolute Gasteiger partial charge is 0.477 e. The van der Waals surface area contributed by atoms with Crippen molar-refractivity contribution in [3.8, 4) is 6.07 Å². The van der Waals surface area contributed by atoms with Crippen LogP contribution in [0.25, 0.3) is 0 Å². The molecule has 0 spiro atoms. The highest BCUT2D eigenvalue weighted by atomic mass is 35.5. The van der Waals surface area contributed by atoms with E-state index in [1.54, 1.807) is 4.90 Å². The summed E-state index contributed by atoms with van der Waals surface area (Å²) in [6, 6.07) is 12.3. The number of amides is 1. The number of carboxylic acid groups (broad SMARTS) is 1. The van der Waals surface area contributed by atoms with Crippen LogP contribution >= 0.6 is 11.6 Å². The van der Waals surface area contributed by atoms with Gasteiger partial charge in [0, 0.05) is 25.7 Å². The molecule has 1 aliphatic rings. The van der Waals surface area contributed by atoms with Crippen LogP contribution in [0.1, 0.15) is 22.5 Å². The fraction of sp³-hybridized carbons (Fsp3) is 0.316. The van der Waals surface area contributed by atoms with E-state index in [2.05, 4.69) is 16.0 Å². The fourth-order valence-electron chi connectivity index (χ4n) is 3.06. The normalized spacial score (nSPS) is 16.2. The second-order valence-electron chi connectivity index (χ2n) is 6.38. The van der Waals surface area contributed by atoms with Gasteiger partial charge in [-0.25, -0.2) is 19.6 Å². The summed E-state index contributed by atoms with van der Waals surface area (Å²) in [5, 5.41) is 18.1. The Labute approximate surface area is 172 Å². The molecule has 10 heteroatoms. The van der Waals surface area contributed by atoms with Crippen LogP contribution in [0.2, 0.25) is 5.28 Å². The number of carbonyl (C=O) groups is 2. The zero-order valence-corrected chi connectivity index (χ0v) is 16.1. The van der Waals surface area contributed by atoms with Crippen molar-refractivity contribution in [2.24, 2.45) is 0 Å². The van der Waals surface area contributed by atoms with Crippen molar-refractivity contribution < 1.29 is 19.4 Å². The Kier molecular flexibility index (Phi) is 6.46. The summed E-state index contributed by atoms with van der Waals surface area (Å²) in [5.41, 5.74) is 0.648. The quantitative estimate of drug-likeness (QED) is 0.740. The number of anilines is 1. The molecule has 1 aliphatic heterocycles. The molecule has 0 aliphatic carbocycles. The predicted molar refractivity (Wildman–Crippen MR) is 104 cm³/mol. The number of carbonyl (C=O) groups excluding carboxylic acids is 1. The Morgan fingerprint density at radius 2 is 2.03 bits per heavy atom. The number of hydrogen-bond acceptors (Lipinski definition) is 7. The molecule has 0 radical (unpaired) electrons. The molecule has 29 heavy (non-hydrogen) atoms. The zero-order chi connectivity index (χ0) is 20.8. The van der Waals surface area contributed by atoms with Gasteiger partial charge in [-0.15, -0.1) is 0 Å². The van der Waals surface area contributed by atoms with Crippen molar-refractivity contribution in [1.29, 1.82) is 5.26 Å². The van der Waals surface area contributed by atoms with Gasteiger partial charge in [-0.05, 0) is 17.2 Å². The summed E-state index contributed by atoms with van der Waals surface area (Å²) in [4.78, 5) is 34.8. The van der Waals surface area contributed by atoms with E-state index in [0.717, 1.165) is 5.56 Å². The average molecular weight is 416 g/mol. The van der Waals surface area contributed by atoms with Crippen LogP contribution in [-0.2, 0) is 11.3 Å². The summed E-state index contributed by atoms with van der Waals surface area (Å²) >= 11 is 5.84. The topological polar surface area (TPSA) is 120 Å². The Balaban J connectivity index is 1.70. The van der Waals surface area contributed by atoms with Crippen molar-refractivity contribution in [3.05, 3.63) is 52.9 Å². The lowest BCUT2D eigenvalue weighted by molar-refractivity contribution is 0.0690. The smallest absolute Gasteiger partial charge is 0.410 e. The molecule has 150 valence electrons. The molecule has 9 nitrogen and oxygen atoms in total. The molecule has 0 bridgehead atoms. The minimum Gasteiger partial charge on any atom is -0.477 e. The van der Waals surface area contributed by atoms with Gasteiger partial charge in [-0.1, -0.05) is 30.3 Å². The van der Waals surface area contributed by atoms with Crippen LogP contribution in [0.15, 0.2) is 36.4 Å². The number of halogens is 1. The summed E-state index contributed by atoms with van der Waals surface area (Å²) in [6.07, 6.45) is -0.401. The molecule has 1 atom stereocenters. The number of piperazine rings is 1. The lowest BCUT2D eigenvalue weighted by Gasteiger charge is -2.40. The standard InChI is InChI=1S/C19H18ClN5O4/c20-18-22-15(17(26)27)10-16(23-18)24-8-9-25(14(11-24)6-7-21)19(28)29-12-13-4-2-1-3-5-13/h1-5,10,14H,6,8-9,11-12H2,(H,26,27)/t14-/m0/s1. The van der Waals surface area contributed by atoms with Crippen LogP contribution in [0.4, 0.5) is 10.6 Å². The monoisotopic (exact) mass is 415 g/mol. The van der Waals surface area contributed by atoms with Crippen LogP contribution in [0.5, 0.6) is 0 Å². The highest BCUT2D eigenvalue weighted by molar-refractivity contribution is 6.28. The number of carboxylic acids is 1. The molecule has 2 heterocycles. The molecular weight excluding hydrogens is 398 g/mol.